The van der Waals surface area contributed by atoms with E-state index in [1.54, 1.807) is 7.11 Å². The van der Waals surface area contributed by atoms with Gasteiger partial charge in [0, 0.05) is 11.9 Å². The maximum atomic E-state index is 9.35. The fraction of sp³-hybridized carbons (Fsp3) is 0.167. The summed E-state index contributed by atoms with van der Waals surface area (Å²) in [6, 6.07) is 17.6. The maximum Gasteiger partial charge on any atom is 0.126 e. The van der Waals surface area contributed by atoms with Gasteiger partial charge in [-0.1, -0.05) is 24.3 Å². The lowest BCUT2D eigenvalue weighted by Crippen LogP contribution is -2.01. The Bertz CT molecular complexity index is 770. The summed E-state index contributed by atoms with van der Waals surface area (Å²) in [6.07, 6.45) is 0. The molecule has 4 nitrogen and oxygen atoms in total. The number of aliphatic hydroxyl groups excluding tert-OH is 1. The second-order valence-corrected chi connectivity index (χ2v) is 5.04. The minimum atomic E-state index is 0.0254. The van der Waals surface area contributed by atoms with Crippen molar-refractivity contribution in [3.05, 3.63) is 65.7 Å². The van der Waals surface area contributed by atoms with E-state index in [1.165, 1.54) is 0 Å². The molecule has 4 heteroatoms. The van der Waals surface area contributed by atoms with Crippen molar-refractivity contribution in [2.45, 2.75) is 13.2 Å². The van der Waals surface area contributed by atoms with Gasteiger partial charge in [-0.3, -0.25) is 0 Å². The molecule has 0 saturated heterocycles. The van der Waals surface area contributed by atoms with Gasteiger partial charge in [-0.05, 0) is 41.5 Å². The van der Waals surface area contributed by atoms with Crippen LogP contribution in [-0.2, 0) is 13.2 Å². The molecule has 2 aromatic carbocycles. The van der Waals surface area contributed by atoms with Gasteiger partial charge in [-0.2, -0.15) is 0 Å². The average Bonchev–Trinajstić information content (AvgIpc) is 2.59. The molecule has 0 aliphatic rings. The lowest BCUT2D eigenvalue weighted by Gasteiger charge is -2.09. The van der Waals surface area contributed by atoms with Crippen LogP contribution in [0.2, 0.25) is 0 Å². The minimum Gasteiger partial charge on any atom is -0.497 e. The highest BCUT2D eigenvalue weighted by Crippen LogP contribution is 2.20. The molecule has 22 heavy (non-hydrogen) atoms. The Morgan fingerprint density at radius 3 is 2.59 bits per heavy atom. The highest BCUT2D eigenvalue weighted by atomic mass is 16.5. The fourth-order valence-corrected chi connectivity index (χ4v) is 2.39. The van der Waals surface area contributed by atoms with Crippen LogP contribution in [0.1, 0.15) is 11.1 Å². The molecular formula is C18H18N2O2. The van der Waals surface area contributed by atoms with Crippen molar-refractivity contribution in [1.82, 2.24) is 4.98 Å². The third-order valence-corrected chi connectivity index (χ3v) is 3.63. The minimum absolute atomic E-state index is 0.0254. The molecule has 0 aliphatic carbocycles. The Morgan fingerprint density at radius 1 is 1.05 bits per heavy atom. The number of methoxy groups -OCH3 is 1. The molecule has 0 amide bonds. The Labute approximate surface area is 129 Å². The summed E-state index contributed by atoms with van der Waals surface area (Å²) in [5.74, 6) is 1.67. The number of hydrogen-bond acceptors (Lipinski definition) is 4. The highest BCUT2D eigenvalue weighted by Gasteiger charge is 2.03. The van der Waals surface area contributed by atoms with Gasteiger partial charge in [-0.15, -0.1) is 0 Å². The van der Waals surface area contributed by atoms with E-state index in [4.69, 9.17) is 4.74 Å². The molecule has 0 spiro atoms. The second-order valence-electron chi connectivity index (χ2n) is 5.04. The molecule has 3 rings (SSSR count). The number of benzene rings is 2. The first-order chi connectivity index (χ1) is 10.8. The van der Waals surface area contributed by atoms with Crippen LogP contribution in [0, 0.1) is 0 Å². The molecule has 1 heterocycles. The summed E-state index contributed by atoms with van der Waals surface area (Å²) in [4.78, 5) is 4.59. The highest BCUT2D eigenvalue weighted by molar-refractivity contribution is 5.83. The number of hydrogen-bond donors (Lipinski definition) is 2. The summed E-state index contributed by atoms with van der Waals surface area (Å²) in [6.45, 7) is 0.722. The number of ether oxygens (including phenoxy) is 1. The number of pyridine rings is 1. The van der Waals surface area contributed by atoms with E-state index < -0.39 is 0 Å². The van der Waals surface area contributed by atoms with E-state index in [2.05, 4.69) is 10.3 Å². The van der Waals surface area contributed by atoms with Crippen LogP contribution >= 0.6 is 0 Å². The molecule has 0 saturated carbocycles. The van der Waals surface area contributed by atoms with Crippen LogP contribution in [0.5, 0.6) is 5.75 Å². The summed E-state index contributed by atoms with van der Waals surface area (Å²) >= 11 is 0. The molecule has 0 fully saturated rings. The largest absolute Gasteiger partial charge is 0.497 e. The molecule has 2 N–H and O–H groups in total. The van der Waals surface area contributed by atoms with E-state index in [9.17, 15) is 5.11 Å². The Kier molecular flexibility index (Phi) is 4.21. The van der Waals surface area contributed by atoms with Crippen LogP contribution in [0.25, 0.3) is 10.9 Å². The summed E-state index contributed by atoms with van der Waals surface area (Å²) in [5, 5.41) is 13.6. The van der Waals surface area contributed by atoms with Crippen molar-refractivity contribution in [1.29, 1.82) is 0 Å². The molecule has 0 aliphatic heterocycles. The predicted octanol–water partition coefficient (Wildman–Crippen LogP) is 3.35. The Hall–Kier alpha value is -2.59. The molecule has 1 aromatic heterocycles. The quantitative estimate of drug-likeness (QED) is 0.757. The number of anilines is 1. The van der Waals surface area contributed by atoms with Gasteiger partial charge in [0.25, 0.3) is 0 Å². The number of fused-ring (bicyclic) bond motifs is 1. The van der Waals surface area contributed by atoms with Crippen LogP contribution < -0.4 is 10.1 Å². The van der Waals surface area contributed by atoms with Gasteiger partial charge >= 0.3 is 0 Å². The zero-order valence-electron chi connectivity index (χ0n) is 12.4. The molecule has 0 bridgehead atoms. The third kappa shape index (κ3) is 3.02. The van der Waals surface area contributed by atoms with Crippen molar-refractivity contribution in [2.75, 3.05) is 12.4 Å². The van der Waals surface area contributed by atoms with Gasteiger partial charge in [0.1, 0.15) is 11.6 Å². The van der Waals surface area contributed by atoms with E-state index in [1.807, 2.05) is 54.6 Å². The maximum absolute atomic E-state index is 9.35. The third-order valence-electron chi connectivity index (χ3n) is 3.63. The molecule has 0 atom stereocenters. The van der Waals surface area contributed by atoms with Gasteiger partial charge in [-0.25, -0.2) is 4.98 Å². The van der Waals surface area contributed by atoms with Crippen LogP contribution in [0.4, 0.5) is 5.82 Å². The monoisotopic (exact) mass is 294 g/mol. The number of nitrogens with zero attached hydrogens (tertiary/aromatic N) is 1. The lowest BCUT2D eigenvalue weighted by molar-refractivity contribution is 0.283. The number of aliphatic hydroxyl groups is 1. The first-order valence-corrected chi connectivity index (χ1v) is 7.16. The normalized spacial score (nSPS) is 10.6. The SMILES string of the molecule is COc1ccc(CNc2ccc3c(CO)cccc3n2)cc1. The van der Waals surface area contributed by atoms with Crippen LogP contribution in [0.15, 0.2) is 54.6 Å². The van der Waals surface area contributed by atoms with Crippen LogP contribution in [0.3, 0.4) is 0 Å². The Morgan fingerprint density at radius 2 is 1.86 bits per heavy atom. The Balaban J connectivity index is 1.76. The number of nitrogens with one attached hydrogen (secondary N) is 1. The van der Waals surface area contributed by atoms with Gasteiger partial charge in [0.15, 0.2) is 0 Å². The van der Waals surface area contributed by atoms with E-state index in [0.717, 1.165) is 33.6 Å². The summed E-state index contributed by atoms with van der Waals surface area (Å²) < 4.78 is 5.15. The van der Waals surface area contributed by atoms with E-state index >= 15 is 0 Å². The van der Waals surface area contributed by atoms with Crippen molar-refractivity contribution in [3.63, 3.8) is 0 Å². The van der Waals surface area contributed by atoms with E-state index in [0.29, 0.717) is 6.54 Å². The number of aromatic nitrogens is 1. The first kappa shape index (κ1) is 14.4. The summed E-state index contributed by atoms with van der Waals surface area (Å²) in [7, 11) is 1.66. The first-order valence-electron chi connectivity index (χ1n) is 7.16. The second kappa shape index (κ2) is 6.45. The van der Waals surface area contributed by atoms with Crippen LogP contribution in [-0.4, -0.2) is 17.2 Å². The van der Waals surface area contributed by atoms with E-state index in [-0.39, 0.29) is 6.61 Å². The van der Waals surface area contributed by atoms with Gasteiger partial charge in [0.05, 0.1) is 19.2 Å². The molecule has 0 unspecified atom stereocenters. The van der Waals surface area contributed by atoms with Crippen molar-refractivity contribution in [3.8, 4) is 5.75 Å². The molecule has 112 valence electrons. The average molecular weight is 294 g/mol. The topological polar surface area (TPSA) is 54.4 Å². The zero-order chi connectivity index (χ0) is 15.4. The smallest absolute Gasteiger partial charge is 0.126 e. The molecule has 3 aromatic rings. The lowest BCUT2D eigenvalue weighted by atomic mass is 10.1. The van der Waals surface area contributed by atoms with Crippen molar-refractivity contribution in [2.24, 2.45) is 0 Å². The number of rotatable bonds is 5. The summed E-state index contributed by atoms with van der Waals surface area (Å²) in [5.41, 5.74) is 2.93. The molecular weight excluding hydrogens is 276 g/mol. The standard InChI is InChI=1S/C18H18N2O2/c1-22-15-7-5-13(6-8-15)11-19-18-10-9-16-14(12-21)3-2-4-17(16)20-18/h2-10,21H,11-12H2,1H3,(H,19,20). The predicted molar refractivity (Wildman–Crippen MR) is 88.0 cm³/mol. The fourth-order valence-electron chi connectivity index (χ4n) is 2.39. The molecule has 0 radical (unpaired) electrons. The van der Waals surface area contributed by atoms with Gasteiger partial charge in [0.2, 0.25) is 0 Å². The van der Waals surface area contributed by atoms with Gasteiger partial charge < -0.3 is 15.2 Å². The van der Waals surface area contributed by atoms with Crippen molar-refractivity contribution >= 4 is 16.7 Å². The van der Waals surface area contributed by atoms with Crippen molar-refractivity contribution < 1.29 is 9.84 Å². The zero-order valence-corrected chi connectivity index (χ0v) is 12.4.